The third-order valence-corrected chi connectivity index (χ3v) is 6.64. The molecule has 5 rings (SSSR count). The van der Waals surface area contributed by atoms with E-state index in [1.165, 1.54) is 31.6 Å². The van der Waals surface area contributed by atoms with Gasteiger partial charge < -0.3 is 25.4 Å². The molecular formula is C24H32N8O. The number of aromatic nitrogens is 3. The molecule has 2 aliphatic rings. The number of fused-ring (bicyclic) bond motifs is 1. The summed E-state index contributed by atoms with van der Waals surface area (Å²) in [6.45, 7) is 6.70. The number of aromatic amines is 1. The van der Waals surface area contributed by atoms with Gasteiger partial charge in [0.15, 0.2) is 0 Å². The van der Waals surface area contributed by atoms with E-state index in [1.807, 2.05) is 24.4 Å². The molecule has 3 N–H and O–H groups in total. The molecular weight excluding hydrogens is 416 g/mol. The first-order chi connectivity index (χ1) is 16.1. The van der Waals surface area contributed by atoms with E-state index < -0.39 is 0 Å². The monoisotopic (exact) mass is 448 g/mol. The fourth-order valence-corrected chi connectivity index (χ4v) is 4.77. The second-order valence-corrected chi connectivity index (χ2v) is 9.07. The van der Waals surface area contributed by atoms with Crippen LogP contribution in [-0.2, 0) is 0 Å². The first-order valence-corrected chi connectivity index (χ1v) is 11.7. The first kappa shape index (κ1) is 21.7. The molecule has 3 aromatic heterocycles. The summed E-state index contributed by atoms with van der Waals surface area (Å²) in [6.07, 6.45) is 6.11. The van der Waals surface area contributed by atoms with Gasteiger partial charge in [-0.3, -0.25) is 9.69 Å². The van der Waals surface area contributed by atoms with E-state index in [0.717, 1.165) is 42.9 Å². The molecule has 0 aromatic carbocycles. The quantitative estimate of drug-likeness (QED) is 0.551. The normalized spacial score (nSPS) is 17.9. The molecule has 0 unspecified atom stereocenters. The van der Waals surface area contributed by atoms with Crippen LogP contribution in [0, 0.1) is 0 Å². The fraction of sp³-hybridized carbons (Fsp3) is 0.458. The minimum absolute atomic E-state index is 0.0602. The average molecular weight is 449 g/mol. The summed E-state index contributed by atoms with van der Waals surface area (Å²) in [6, 6.07) is 8.56. The molecule has 5 heterocycles. The summed E-state index contributed by atoms with van der Waals surface area (Å²) in [5.74, 6) is 1.37. The number of rotatable bonds is 5. The van der Waals surface area contributed by atoms with Gasteiger partial charge in [0.2, 0.25) is 0 Å². The van der Waals surface area contributed by atoms with Crippen molar-refractivity contribution in [2.45, 2.75) is 18.9 Å². The Hall–Kier alpha value is -3.17. The van der Waals surface area contributed by atoms with Gasteiger partial charge in [-0.1, -0.05) is 0 Å². The number of hydrogen-bond donors (Lipinski definition) is 3. The molecule has 2 aliphatic heterocycles. The van der Waals surface area contributed by atoms with Crippen molar-refractivity contribution in [3.8, 4) is 0 Å². The van der Waals surface area contributed by atoms with Crippen LogP contribution in [0.4, 0.5) is 17.3 Å². The molecule has 9 nitrogen and oxygen atoms in total. The lowest BCUT2D eigenvalue weighted by Gasteiger charge is -2.41. The molecule has 0 radical (unpaired) electrons. The number of hydrogen-bond acceptors (Lipinski definition) is 7. The number of anilines is 3. The van der Waals surface area contributed by atoms with E-state index in [2.05, 4.69) is 41.5 Å². The van der Waals surface area contributed by atoms with Gasteiger partial charge >= 0.3 is 0 Å². The highest BCUT2D eigenvalue weighted by Gasteiger charge is 2.25. The number of pyridine rings is 2. The zero-order chi connectivity index (χ0) is 22.8. The highest BCUT2D eigenvalue weighted by molar-refractivity contribution is 5.98. The smallest absolute Gasteiger partial charge is 0.269 e. The minimum Gasteiger partial charge on any atom is -0.370 e. The lowest BCUT2D eigenvalue weighted by Crippen LogP contribution is -2.52. The summed E-state index contributed by atoms with van der Waals surface area (Å²) in [7, 11) is 3.48. The second kappa shape index (κ2) is 9.36. The van der Waals surface area contributed by atoms with Crippen LogP contribution in [0.3, 0.4) is 0 Å². The molecule has 2 saturated heterocycles. The van der Waals surface area contributed by atoms with Crippen LogP contribution in [0.2, 0.25) is 0 Å². The predicted molar refractivity (Wildman–Crippen MR) is 131 cm³/mol. The molecule has 0 bridgehead atoms. The van der Waals surface area contributed by atoms with Gasteiger partial charge in [-0.15, -0.1) is 0 Å². The van der Waals surface area contributed by atoms with Gasteiger partial charge in [0.25, 0.3) is 5.91 Å². The van der Waals surface area contributed by atoms with Crippen LogP contribution < -0.4 is 15.5 Å². The number of H-pyrrole nitrogens is 1. The zero-order valence-electron chi connectivity index (χ0n) is 19.3. The van der Waals surface area contributed by atoms with Crippen LogP contribution >= 0.6 is 0 Å². The third-order valence-electron chi connectivity index (χ3n) is 6.64. The summed E-state index contributed by atoms with van der Waals surface area (Å²) in [4.78, 5) is 31.1. The topological polar surface area (TPSA) is 92.4 Å². The Bertz CT molecular complexity index is 1100. The molecule has 33 heavy (non-hydrogen) atoms. The van der Waals surface area contributed by atoms with Crippen molar-refractivity contribution in [3.05, 3.63) is 42.4 Å². The number of carbonyl (C=O) groups excluding carboxylic acids is 1. The van der Waals surface area contributed by atoms with Crippen molar-refractivity contribution in [3.63, 3.8) is 0 Å². The van der Waals surface area contributed by atoms with Crippen molar-refractivity contribution < 1.29 is 4.79 Å². The Morgan fingerprint density at radius 2 is 1.79 bits per heavy atom. The Labute approximate surface area is 194 Å². The lowest BCUT2D eigenvalue weighted by molar-refractivity contribution is 0.0823. The number of carbonyl (C=O) groups is 1. The molecule has 0 atom stereocenters. The molecule has 2 fully saturated rings. The second-order valence-electron chi connectivity index (χ2n) is 9.07. The van der Waals surface area contributed by atoms with E-state index in [1.54, 1.807) is 25.2 Å². The molecule has 0 saturated carbocycles. The summed E-state index contributed by atoms with van der Waals surface area (Å²) in [5.41, 5.74) is 2.58. The molecule has 174 valence electrons. The maximum Gasteiger partial charge on any atom is 0.269 e. The zero-order valence-corrected chi connectivity index (χ0v) is 19.3. The molecule has 9 heteroatoms. The van der Waals surface area contributed by atoms with Crippen molar-refractivity contribution in [2.75, 3.05) is 63.6 Å². The van der Waals surface area contributed by atoms with Crippen molar-refractivity contribution >= 4 is 34.1 Å². The lowest BCUT2D eigenvalue weighted by atomic mass is 10.0. The van der Waals surface area contributed by atoms with Crippen molar-refractivity contribution in [2.24, 2.45) is 0 Å². The van der Waals surface area contributed by atoms with E-state index in [9.17, 15) is 4.79 Å². The Morgan fingerprint density at radius 3 is 2.48 bits per heavy atom. The molecule has 0 aliphatic carbocycles. The van der Waals surface area contributed by atoms with Crippen LogP contribution in [0.15, 0.2) is 36.7 Å². The molecule has 0 spiro atoms. The summed E-state index contributed by atoms with van der Waals surface area (Å²) in [5, 5.41) is 7.61. The van der Waals surface area contributed by atoms with Gasteiger partial charge in [0.1, 0.15) is 17.3 Å². The van der Waals surface area contributed by atoms with Gasteiger partial charge in [-0.05, 0) is 31.0 Å². The predicted octanol–water partition coefficient (Wildman–Crippen LogP) is 2.28. The maximum atomic E-state index is 12.2. The number of piperazine rings is 1. The standard InChI is InChI=1S/C24H32N8O/c1-30(2)24(33)21-13-17-15-26-23(14-20(17)28-21)29-22-4-3-19(16-27-22)31-9-5-18(6-10-31)32-11-7-25-8-12-32/h3-4,13-16,18,25,28H,5-12H2,1-2H3,(H,26,27,29). The Balaban J connectivity index is 1.20. The number of piperidine rings is 1. The highest BCUT2D eigenvalue weighted by atomic mass is 16.2. The van der Waals surface area contributed by atoms with Crippen molar-refractivity contribution in [1.29, 1.82) is 0 Å². The number of nitrogens with one attached hydrogen (secondary N) is 3. The summed E-state index contributed by atoms with van der Waals surface area (Å²) >= 11 is 0. The third kappa shape index (κ3) is 4.79. The average Bonchev–Trinajstić information content (AvgIpc) is 3.28. The fourth-order valence-electron chi connectivity index (χ4n) is 4.77. The van der Waals surface area contributed by atoms with Gasteiger partial charge in [0.05, 0.1) is 17.4 Å². The van der Waals surface area contributed by atoms with E-state index >= 15 is 0 Å². The Kier molecular flexibility index (Phi) is 6.15. The van der Waals surface area contributed by atoms with Crippen LogP contribution in [0.25, 0.3) is 10.9 Å². The van der Waals surface area contributed by atoms with Crippen molar-refractivity contribution in [1.82, 2.24) is 30.1 Å². The first-order valence-electron chi connectivity index (χ1n) is 11.7. The van der Waals surface area contributed by atoms with E-state index in [0.29, 0.717) is 17.6 Å². The highest BCUT2D eigenvalue weighted by Crippen LogP contribution is 2.25. The van der Waals surface area contributed by atoms with Gasteiger partial charge in [-0.2, -0.15) is 0 Å². The molecule has 1 amide bonds. The van der Waals surface area contributed by atoms with Crippen LogP contribution in [0.5, 0.6) is 0 Å². The number of amides is 1. The van der Waals surface area contributed by atoms with E-state index in [-0.39, 0.29) is 5.91 Å². The maximum absolute atomic E-state index is 12.2. The van der Waals surface area contributed by atoms with Gasteiger partial charge in [-0.25, -0.2) is 9.97 Å². The van der Waals surface area contributed by atoms with Gasteiger partial charge in [0, 0.05) is 77.1 Å². The number of nitrogens with zero attached hydrogens (tertiary/aromatic N) is 5. The van der Waals surface area contributed by atoms with E-state index in [4.69, 9.17) is 0 Å². The van der Waals surface area contributed by atoms with Crippen LogP contribution in [-0.4, -0.2) is 90.1 Å². The van der Waals surface area contributed by atoms with Crippen LogP contribution in [0.1, 0.15) is 23.3 Å². The molecule has 3 aromatic rings. The summed E-state index contributed by atoms with van der Waals surface area (Å²) < 4.78 is 0. The SMILES string of the molecule is CN(C)C(=O)c1cc2cnc(Nc3ccc(N4CCC(N5CCNCC5)CC4)cn3)cc2[nH]1. The Morgan fingerprint density at radius 1 is 1.03 bits per heavy atom. The largest absolute Gasteiger partial charge is 0.370 e. The minimum atomic E-state index is -0.0602.